The monoisotopic (exact) mass is 212 g/mol. The third kappa shape index (κ3) is 2.50. The van der Waals surface area contributed by atoms with Gasteiger partial charge in [0, 0.05) is 11.1 Å². The number of aromatic hydroxyl groups is 1. The molecule has 1 rings (SSSR count). The molecule has 0 fully saturated rings. The summed E-state index contributed by atoms with van der Waals surface area (Å²) >= 11 is 5.66. The van der Waals surface area contributed by atoms with Crippen molar-refractivity contribution in [3.63, 3.8) is 0 Å². The number of ketones is 1. The minimum Gasteiger partial charge on any atom is -0.507 e. The number of phenolic OH excluding ortho intramolecular Hbond substituents is 1. The van der Waals surface area contributed by atoms with Crippen LogP contribution in [0.3, 0.4) is 0 Å². The van der Waals surface area contributed by atoms with Gasteiger partial charge < -0.3 is 10.2 Å². The minimum absolute atomic E-state index is 0.121. The fraction of sp³-hybridized carbons (Fsp3) is 0.100. The van der Waals surface area contributed by atoms with Gasteiger partial charge in [-0.25, -0.2) is 0 Å². The second-order valence-corrected chi connectivity index (χ2v) is 3.24. The first-order valence-electron chi connectivity index (χ1n) is 3.91. The molecule has 2 N–H and O–H groups in total. The molecule has 1 aromatic carbocycles. The van der Waals surface area contributed by atoms with E-state index < -0.39 is 0 Å². The van der Waals surface area contributed by atoms with Crippen molar-refractivity contribution < 1.29 is 15.0 Å². The molecule has 0 saturated carbocycles. The number of rotatable bonds is 2. The highest BCUT2D eigenvalue weighted by Crippen LogP contribution is 2.26. The summed E-state index contributed by atoms with van der Waals surface area (Å²) in [5.74, 6) is -0.719. The summed E-state index contributed by atoms with van der Waals surface area (Å²) in [6, 6.07) is 4.22. The molecule has 3 nitrogen and oxygen atoms in total. The highest BCUT2D eigenvalue weighted by Gasteiger charge is 2.07. The highest BCUT2D eigenvalue weighted by molar-refractivity contribution is 6.30. The van der Waals surface area contributed by atoms with Gasteiger partial charge in [-0.1, -0.05) is 11.6 Å². The lowest BCUT2D eigenvalue weighted by molar-refractivity contribution is -0.112. The molecule has 0 aliphatic rings. The Labute approximate surface area is 86.3 Å². The number of phenols is 1. The smallest absolute Gasteiger partial charge is 0.156 e. The second-order valence-electron chi connectivity index (χ2n) is 2.80. The number of carbonyl (C=O) groups is 1. The van der Waals surface area contributed by atoms with E-state index in [1.807, 2.05) is 0 Å². The van der Waals surface area contributed by atoms with Crippen molar-refractivity contribution in [2.45, 2.75) is 6.92 Å². The molecule has 0 unspecified atom stereocenters. The van der Waals surface area contributed by atoms with Crippen LogP contribution in [0.4, 0.5) is 0 Å². The average molecular weight is 213 g/mol. The highest BCUT2D eigenvalue weighted by atomic mass is 35.5. The van der Waals surface area contributed by atoms with Gasteiger partial charge in [0.1, 0.15) is 11.5 Å². The standard InChI is InChI=1S/C10H9ClO3/c1-6(12)4-10(14)8-5-7(11)2-3-9(8)13/h2-5,13-14H,1H3/b10-4-. The van der Waals surface area contributed by atoms with Crippen molar-refractivity contribution in [3.8, 4) is 5.75 Å². The van der Waals surface area contributed by atoms with Crippen LogP contribution in [0.5, 0.6) is 5.75 Å². The van der Waals surface area contributed by atoms with Crippen LogP contribution in [0.15, 0.2) is 24.3 Å². The molecule has 0 aromatic heterocycles. The number of allylic oxidation sites excluding steroid dienone is 1. The van der Waals surface area contributed by atoms with Gasteiger partial charge in [-0.3, -0.25) is 4.79 Å². The minimum atomic E-state index is -0.304. The molecule has 0 bridgehead atoms. The second kappa shape index (κ2) is 4.15. The van der Waals surface area contributed by atoms with Crippen molar-refractivity contribution in [1.29, 1.82) is 0 Å². The molecular weight excluding hydrogens is 204 g/mol. The van der Waals surface area contributed by atoms with E-state index in [-0.39, 0.29) is 22.9 Å². The maximum Gasteiger partial charge on any atom is 0.156 e. The van der Waals surface area contributed by atoms with Gasteiger partial charge in [0.2, 0.25) is 0 Å². The summed E-state index contributed by atoms with van der Waals surface area (Å²) in [5, 5.41) is 19.1. The lowest BCUT2D eigenvalue weighted by atomic mass is 10.1. The van der Waals surface area contributed by atoms with E-state index in [0.29, 0.717) is 5.02 Å². The Balaban J connectivity index is 3.18. The molecule has 74 valence electrons. The van der Waals surface area contributed by atoms with Gasteiger partial charge in [-0.2, -0.15) is 0 Å². The Morgan fingerprint density at radius 3 is 2.71 bits per heavy atom. The van der Waals surface area contributed by atoms with E-state index in [2.05, 4.69) is 0 Å². The van der Waals surface area contributed by atoms with Crippen LogP contribution in [-0.4, -0.2) is 16.0 Å². The first-order chi connectivity index (χ1) is 6.50. The zero-order valence-electron chi connectivity index (χ0n) is 7.49. The molecule has 0 heterocycles. The van der Waals surface area contributed by atoms with E-state index >= 15 is 0 Å². The molecule has 4 heteroatoms. The van der Waals surface area contributed by atoms with Gasteiger partial charge in [0.15, 0.2) is 5.78 Å². The summed E-state index contributed by atoms with van der Waals surface area (Å²) < 4.78 is 0. The Morgan fingerprint density at radius 1 is 1.50 bits per heavy atom. The summed E-state index contributed by atoms with van der Waals surface area (Å²) in [6.07, 6.45) is 1.02. The molecule has 0 amide bonds. The van der Waals surface area contributed by atoms with Gasteiger partial charge in [0.05, 0.1) is 5.56 Å². The topological polar surface area (TPSA) is 57.5 Å². The van der Waals surface area contributed by atoms with Gasteiger partial charge in [-0.15, -0.1) is 0 Å². The Morgan fingerprint density at radius 2 is 2.14 bits per heavy atom. The van der Waals surface area contributed by atoms with E-state index in [0.717, 1.165) is 6.08 Å². The summed E-state index contributed by atoms with van der Waals surface area (Å²) in [7, 11) is 0. The predicted molar refractivity (Wildman–Crippen MR) is 54.4 cm³/mol. The van der Waals surface area contributed by atoms with Crippen LogP contribution >= 0.6 is 11.6 Å². The predicted octanol–water partition coefficient (Wildman–Crippen LogP) is 2.53. The van der Waals surface area contributed by atoms with E-state index in [4.69, 9.17) is 11.6 Å². The van der Waals surface area contributed by atoms with Crippen molar-refractivity contribution in [2.75, 3.05) is 0 Å². The van der Waals surface area contributed by atoms with Gasteiger partial charge >= 0.3 is 0 Å². The third-order valence-corrected chi connectivity index (χ3v) is 1.81. The van der Waals surface area contributed by atoms with Crippen LogP contribution in [0.1, 0.15) is 12.5 Å². The summed E-state index contributed by atoms with van der Waals surface area (Å²) in [4.78, 5) is 10.7. The normalized spacial score (nSPS) is 11.4. The molecule has 0 spiro atoms. The van der Waals surface area contributed by atoms with E-state index in [9.17, 15) is 15.0 Å². The molecular formula is C10H9ClO3. The zero-order chi connectivity index (χ0) is 10.7. The molecule has 0 aliphatic heterocycles. The maximum absolute atomic E-state index is 10.7. The maximum atomic E-state index is 10.7. The van der Waals surface area contributed by atoms with Crippen LogP contribution in [0.2, 0.25) is 5.02 Å². The summed E-state index contributed by atoms with van der Waals surface area (Å²) in [5.41, 5.74) is 0.146. The Kier molecular flexibility index (Phi) is 3.14. The van der Waals surface area contributed by atoms with Crippen LogP contribution in [-0.2, 0) is 4.79 Å². The lowest BCUT2D eigenvalue weighted by Crippen LogP contribution is -1.89. The number of benzene rings is 1. The molecule has 0 aliphatic carbocycles. The SMILES string of the molecule is CC(=O)/C=C(\O)c1cc(Cl)ccc1O. The van der Waals surface area contributed by atoms with Crippen LogP contribution in [0, 0.1) is 0 Å². The van der Waals surface area contributed by atoms with Crippen molar-refractivity contribution in [3.05, 3.63) is 34.9 Å². The number of aliphatic hydroxyl groups excluding tert-OH is 1. The Bertz CT molecular complexity index is 396. The fourth-order valence-corrected chi connectivity index (χ4v) is 1.16. The first kappa shape index (κ1) is 10.6. The van der Waals surface area contributed by atoms with E-state index in [1.165, 1.54) is 25.1 Å². The quantitative estimate of drug-likeness (QED) is 0.585. The fourth-order valence-electron chi connectivity index (χ4n) is 0.984. The molecule has 14 heavy (non-hydrogen) atoms. The average Bonchev–Trinajstić information content (AvgIpc) is 2.08. The Hall–Kier alpha value is -1.48. The van der Waals surface area contributed by atoms with E-state index in [1.54, 1.807) is 0 Å². The van der Waals surface area contributed by atoms with Crippen molar-refractivity contribution in [2.24, 2.45) is 0 Å². The molecule has 0 saturated heterocycles. The van der Waals surface area contributed by atoms with Crippen molar-refractivity contribution in [1.82, 2.24) is 0 Å². The number of aliphatic hydroxyl groups is 1. The molecule has 0 atom stereocenters. The number of carbonyl (C=O) groups excluding carboxylic acids is 1. The molecule has 1 aromatic rings. The van der Waals surface area contributed by atoms with Crippen LogP contribution in [0.25, 0.3) is 5.76 Å². The largest absolute Gasteiger partial charge is 0.507 e. The summed E-state index contributed by atoms with van der Waals surface area (Å²) in [6.45, 7) is 1.30. The lowest BCUT2D eigenvalue weighted by Gasteiger charge is -2.03. The van der Waals surface area contributed by atoms with Gasteiger partial charge in [0.25, 0.3) is 0 Å². The number of hydrogen-bond acceptors (Lipinski definition) is 3. The number of hydrogen-bond donors (Lipinski definition) is 2. The molecule has 0 radical (unpaired) electrons. The van der Waals surface area contributed by atoms with Crippen LogP contribution < -0.4 is 0 Å². The zero-order valence-corrected chi connectivity index (χ0v) is 8.25. The number of halogens is 1. The third-order valence-electron chi connectivity index (χ3n) is 1.57. The van der Waals surface area contributed by atoms with Gasteiger partial charge in [-0.05, 0) is 25.1 Å². The van der Waals surface area contributed by atoms with Crippen molar-refractivity contribution >= 4 is 23.1 Å². The first-order valence-corrected chi connectivity index (χ1v) is 4.28.